The third-order valence-corrected chi connectivity index (χ3v) is 1.64. The SMILES string of the molecule is C[N+]1(C)CC=C[C@H](O)C1.[I-]. The molecule has 1 aliphatic rings. The van der Waals surface area contributed by atoms with Crippen molar-refractivity contribution < 1.29 is 33.6 Å². The maximum atomic E-state index is 9.14. The lowest BCUT2D eigenvalue weighted by Crippen LogP contribution is -3.00. The number of likely N-dealkylation sites (N-methyl/N-ethyl adjacent to an activating group) is 1. The third kappa shape index (κ3) is 2.98. The fourth-order valence-corrected chi connectivity index (χ4v) is 1.15. The van der Waals surface area contributed by atoms with Gasteiger partial charge in [0.15, 0.2) is 0 Å². The van der Waals surface area contributed by atoms with Gasteiger partial charge in [-0.2, -0.15) is 0 Å². The van der Waals surface area contributed by atoms with Crippen LogP contribution in [0.1, 0.15) is 0 Å². The van der Waals surface area contributed by atoms with Crippen LogP contribution in [0.15, 0.2) is 12.2 Å². The molecule has 2 nitrogen and oxygen atoms in total. The van der Waals surface area contributed by atoms with E-state index in [0.29, 0.717) is 0 Å². The highest BCUT2D eigenvalue weighted by molar-refractivity contribution is 4.91. The molecule has 0 aromatic rings. The summed E-state index contributed by atoms with van der Waals surface area (Å²) in [5, 5.41) is 9.14. The average molecular weight is 255 g/mol. The van der Waals surface area contributed by atoms with Crippen LogP contribution < -0.4 is 24.0 Å². The van der Waals surface area contributed by atoms with E-state index < -0.39 is 0 Å². The van der Waals surface area contributed by atoms with E-state index in [1.54, 1.807) is 0 Å². The van der Waals surface area contributed by atoms with Crippen molar-refractivity contribution in [3.8, 4) is 0 Å². The van der Waals surface area contributed by atoms with Crippen LogP contribution in [0.4, 0.5) is 0 Å². The van der Waals surface area contributed by atoms with E-state index >= 15 is 0 Å². The van der Waals surface area contributed by atoms with Gasteiger partial charge in [-0.25, -0.2) is 0 Å². The molecule has 0 radical (unpaired) electrons. The standard InChI is InChI=1S/C7H14NO.HI/c1-8(2)5-3-4-7(9)6-8;/h3-4,7,9H,5-6H2,1-2H3;1H/q+1;/p-1/t7-;/m0./s1. The molecular weight excluding hydrogens is 241 g/mol. The fourth-order valence-electron chi connectivity index (χ4n) is 1.15. The topological polar surface area (TPSA) is 20.2 Å². The molecule has 3 heteroatoms. The Hall–Kier alpha value is 0.390. The van der Waals surface area contributed by atoms with Crippen molar-refractivity contribution in [3.63, 3.8) is 0 Å². The molecule has 0 amide bonds. The number of quaternary nitrogens is 1. The van der Waals surface area contributed by atoms with Gasteiger partial charge in [0.25, 0.3) is 0 Å². The van der Waals surface area contributed by atoms with E-state index in [0.717, 1.165) is 17.6 Å². The minimum Gasteiger partial charge on any atom is -1.00 e. The van der Waals surface area contributed by atoms with Crippen LogP contribution in [0.2, 0.25) is 0 Å². The Labute approximate surface area is 79.1 Å². The van der Waals surface area contributed by atoms with E-state index in [-0.39, 0.29) is 30.1 Å². The summed E-state index contributed by atoms with van der Waals surface area (Å²) in [6, 6.07) is 0. The van der Waals surface area contributed by atoms with Crippen LogP contribution in [0, 0.1) is 0 Å². The summed E-state index contributed by atoms with van der Waals surface area (Å²) in [6.45, 7) is 1.88. The van der Waals surface area contributed by atoms with Gasteiger partial charge in [-0.05, 0) is 12.2 Å². The second kappa shape index (κ2) is 3.69. The summed E-state index contributed by atoms with van der Waals surface area (Å²) in [5.41, 5.74) is 0. The fraction of sp³-hybridized carbons (Fsp3) is 0.714. The van der Waals surface area contributed by atoms with Crippen LogP contribution >= 0.6 is 0 Å². The van der Waals surface area contributed by atoms with Crippen LogP contribution in [0.25, 0.3) is 0 Å². The second-order valence-corrected chi connectivity index (χ2v) is 3.30. The zero-order valence-electron chi connectivity index (χ0n) is 6.42. The summed E-state index contributed by atoms with van der Waals surface area (Å²) in [4.78, 5) is 0. The number of aliphatic hydroxyl groups excluding tert-OH is 1. The van der Waals surface area contributed by atoms with E-state index in [9.17, 15) is 0 Å². The highest BCUT2D eigenvalue weighted by atomic mass is 127. The Bertz CT molecular complexity index is 134. The Kier molecular flexibility index (Phi) is 3.83. The first-order valence-electron chi connectivity index (χ1n) is 3.27. The maximum Gasteiger partial charge on any atom is 0.121 e. The number of rotatable bonds is 0. The summed E-state index contributed by atoms with van der Waals surface area (Å²) in [7, 11) is 4.24. The van der Waals surface area contributed by atoms with Gasteiger partial charge < -0.3 is 33.6 Å². The summed E-state index contributed by atoms with van der Waals surface area (Å²) < 4.78 is 0.900. The number of halogens is 1. The molecule has 0 aromatic carbocycles. The highest BCUT2D eigenvalue weighted by Gasteiger charge is 2.20. The molecule has 0 unspecified atom stereocenters. The van der Waals surface area contributed by atoms with Crippen molar-refractivity contribution in [1.29, 1.82) is 0 Å². The Morgan fingerprint density at radius 1 is 1.50 bits per heavy atom. The van der Waals surface area contributed by atoms with Crippen molar-refractivity contribution in [2.45, 2.75) is 6.10 Å². The highest BCUT2D eigenvalue weighted by Crippen LogP contribution is 2.06. The van der Waals surface area contributed by atoms with Gasteiger partial charge in [0, 0.05) is 0 Å². The van der Waals surface area contributed by atoms with Gasteiger partial charge in [0.05, 0.1) is 20.6 Å². The van der Waals surface area contributed by atoms with Gasteiger partial charge in [-0.15, -0.1) is 0 Å². The molecule has 1 heterocycles. The zero-order chi connectivity index (χ0) is 6.91. The molecule has 1 atom stereocenters. The van der Waals surface area contributed by atoms with Gasteiger partial charge in [-0.1, -0.05) is 0 Å². The first-order chi connectivity index (χ1) is 4.10. The van der Waals surface area contributed by atoms with Crippen LogP contribution in [0.5, 0.6) is 0 Å². The molecular formula is C7H14INO. The molecule has 1 N–H and O–H groups in total. The molecule has 0 saturated heterocycles. The second-order valence-electron chi connectivity index (χ2n) is 3.30. The summed E-state index contributed by atoms with van der Waals surface area (Å²) >= 11 is 0. The van der Waals surface area contributed by atoms with E-state index in [2.05, 4.69) is 14.1 Å². The predicted octanol–water partition coefficient (Wildman–Crippen LogP) is -3.00. The maximum absolute atomic E-state index is 9.14. The molecule has 10 heavy (non-hydrogen) atoms. The third-order valence-electron chi connectivity index (χ3n) is 1.64. The normalized spacial score (nSPS) is 29.3. The van der Waals surface area contributed by atoms with Gasteiger partial charge in [0.1, 0.15) is 12.6 Å². The molecule has 0 spiro atoms. The van der Waals surface area contributed by atoms with Crippen molar-refractivity contribution >= 4 is 0 Å². The largest absolute Gasteiger partial charge is 1.00 e. The monoisotopic (exact) mass is 255 g/mol. The van der Waals surface area contributed by atoms with Gasteiger partial charge in [-0.3, -0.25) is 0 Å². The zero-order valence-corrected chi connectivity index (χ0v) is 8.58. The van der Waals surface area contributed by atoms with E-state index in [1.165, 1.54) is 0 Å². The first kappa shape index (κ1) is 10.4. The van der Waals surface area contributed by atoms with Crippen molar-refractivity contribution in [3.05, 3.63) is 12.2 Å². The van der Waals surface area contributed by atoms with E-state index in [1.807, 2.05) is 12.2 Å². The summed E-state index contributed by atoms with van der Waals surface area (Å²) in [6.07, 6.45) is 3.67. The quantitative estimate of drug-likeness (QED) is 0.278. The van der Waals surface area contributed by atoms with Gasteiger partial charge >= 0.3 is 0 Å². The lowest BCUT2D eigenvalue weighted by molar-refractivity contribution is -0.888. The minimum atomic E-state index is -0.228. The van der Waals surface area contributed by atoms with Crippen molar-refractivity contribution in [1.82, 2.24) is 0 Å². The Morgan fingerprint density at radius 2 is 2.10 bits per heavy atom. The number of aliphatic hydroxyl groups is 1. The number of hydrogen-bond acceptors (Lipinski definition) is 1. The smallest absolute Gasteiger partial charge is 0.121 e. The Balaban J connectivity index is 0.000000810. The molecule has 0 aliphatic carbocycles. The lowest BCUT2D eigenvalue weighted by Gasteiger charge is -2.32. The van der Waals surface area contributed by atoms with E-state index in [4.69, 9.17) is 5.11 Å². The minimum absolute atomic E-state index is 0. The molecule has 0 bridgehead atoms. The molecule has 0 fully saturated rings. The van der Waals surface area contributed by atoms with Crippen molar-refractivity contribution in [2.24, 2.45) is 0 Å². The Morgan fingerprint density at radius 3 is 2.40 bits per heavy atom. The van der Waals surface area contributed by atoms with Crippen LogP contribution in [0.3, 0.4) is 0 Å². The predicted molar refractivity (Wildman–Crippen MR) is 37.0 cm³/mol. The first-order valence-corrected chi connectivity index (χ1v) is 3.27. The van der Waals surface area contributed by atoms with Crippen molar-refractivity contribution in [2.75, 3.05) is 27.2 Å². The molecule has 0 saturated carbocycles. The molecule has 1 aliphatic heterocycles. The average Bonchev–Trinajstić information content (AvgIpc) is 1.60. The summed E-state index contributed by atoms with van der Waals surface area (Å²) in [5.74, 6) is 0. The van der Waals surface area contributed by atoms with Gasteiger partial charge in [0.2, 0.25) is 0 Å². The molecule has 60 valence electrons. The molecule has 0 aromatic heterocycles. The van der Waals surface area contributed by atoms with Crippen LogP contribution in [-0.2, 0) is 0 Å². The number of nitrogens with zero attached hydrogens (tertiary/aromatic N) is 1. The van der Waals surface area contributed by atoms with Crippen LogP contribution in [-0.4, -0.2) is 42.9 Å². The lowest BCUT2D eigenvalue weighted by atomic mass is 10.2. The number of hydrogen-bond donors (Lipinski definition) is 1. The molecule has 1 rings (SSSR count).